The minimum absolute atomic E-state index is 0.0795. The summed E-state index contributed by atoms with van der Waals surface area (Å²) in [6, 6.07) is 9.71. The molecule has 0 radical (unpaired) electrons. The monoisotopic (exact) mass is 217 g/mol. The number of nitrogens with zero attached hydrogens (tertiary/aromatic N) is 1. The van der Waals surface area contributed by atoms with Crippen molar-refractivity contribution in [3.05, 3.63) is 41.8 Å². The minimum Gasteiger partial charge on any atom is -0.441 e. The lowest BCUT2D eigenvalue weighted by molar-refractivity contribution is 0.273. The maximum Gasteiger partial charge on any atom is 0.226 e. The number of oxazole rings is 1. The Balaban J connectivity index is 2.44. The smallest absolute Gasteiger partial charge is 0.226 e. The van der Waals surface area contributed by atoms with E-state index in [4.69, 9.17) is 4.42 Å². The summed E-state index contributed by atoms with van der Waals surface area (Å²) in [6.45, 7) is 3.97. The van der Waals surface area contributed by atoms with Crippen LogP contribution in [0.2, 0.25) is 0 Å². The molecule has 1 heterocycles. The first kappa shape index (κ1) is 10.9. The van der Waals surface area contributed by atoms with Gasteiger partial charge in [0.15, 0.2) is 0 Å². The molecule has 16 heavy (non-hydrogen) atoms. The summed E-state index contributed by atoms with van der Waals surface area (Å²) in [5.74, 6) is 1.57. The minimum atomic E-state index is -0.0795. The van der Waals surface area contributed by atoms with Crippen molar-refractivity contribution in [2.24, 2.45) is 0 Å². The predicted octanol–water partition coefficient (Wildman–Crippen LogP) is 2.96. The lowest BCUT2D eigenvalue weighted by Gasteiger charge is -2.00. The number of hydrogen-bond acceptors (Lipinski definition) is 3. The highest BCUT2D eigenvalue weighted by Gasteiger charge is 2.16. The van der Waals surface area contributed by atoms with Gasteiger partial charge in [0, 0.05) is 11.5 Å². The van der Waals surface area contributed by atoms with Crippen molar-refractivity contribution in [2.75, 3.05) is 0 Å². The molecule has 2 rings (SSSR count). The fourth-order valence-corrected chi connectivity index (χ4v) is 1.63. The number of aromatic nitrogens is 1. The number of hydrogen-bond donors (Lipinski definition) is 1. The quantitative estimate of drug-likeness (QED) is 0.859. The van der Waals surface area contributed by atoms with Crippen LogP contribution in [-0.4, -0.2) is 10.1 Å². The number of aliphatic hydroxyl groups is 1. The Morgan fingerprint density at radius 2 is 1.94 bits per heavy atom. The van der Waals surface area contributed by atoms with E-state index in [1.54, 1.807) is 0 Å². The van der Waals surface area contributed by atoms with E-state index in [1.165, 1.54) is 0 Å². The van der Waals surface area contributed by atoms with Gasteiger partial charge in [0.1, 0.15) is 11.5 Å². The van der Waals surface area contributed by atoms with Gasteiger partial charge >= 0.3 is 0 Å². The Hall–Kier alpha value is -1.61. The Kier molecular flexibility index (Phi) is 3.06. The summed E-state index contributed by atoms with van der Waals surface area (Å²) in [5, 5.41) is 9.21. The van der Waals surface area contributed by atoms with Crippen LogP contribution in [0.25, 0.3) is 11.5 Å². The van der Waals surface area contributed by atoms with Crippen molar-refractivity contribution in [1.29, 1.82) is 0 Å². The number of aliphatic hydroxyl groups excluding tert-OH is 1. The first-order valence-electron chi connectivity index (χ1n) is 5.38. The highest BCUT2D eigenvalue weighted by molar-refractivity contribution is 5.53. The molecule has 0 aliphatic rings. The van der Waals surface area contributed by atoms with Crippen molar-refractivity contribution < 1.29 is 9.52 Å². The lowest BCUT2D eigenvalue weighted by Crippen LogP contribution is -1.92. The van der Waals surface area contributed by atoms with Crippen molar-refractivity contribution in [1.82, 2.24) is 4.98 Å². The first-order valence-corrected chi connectivity index (χ1v) is 5.38. The molecular formula is C13H15NO2. The fourth-order valence-electron chi connectivity index (χ4n) is 1.63. The van der Waals surface area contributed by atoms with Crippen LogP contribution in [0.1, 0.15) is 31.2 Å². The molecule has 0 saturated carbocycles. The van der Waals surface area contributed by atoms with Crippen molar-refractivity contribution >= 4 is 0 Å². The molecule has 0 amide bonds. The van der Waals surface area contributed by atoms with Gasteiger partial charge in [0.05, 0.1) is 6.61 Å². The van der Waals surface area contributed by atoms with E-state index in [9.17, 15) is 5.11 Å². The van der Waals surface area contributed by atoms with Gasteiger partial charge in [-0.1, -0.05) is 32.0 Å². The van der Waals surface area contributed by atoms with Crippen LogP contribution in [0.4, 0.5) is 0 Å². The van der Waals surface area contributed by atoms with Crippen molar-refractivity contribution in [3.8, 4) is 11.5 Å². The van der Waals surface area contributed by atoms with E-state index < -0.39 is 0 Å². The molecule has 1 aromatic carbocycles. The van der Waals surface area contributed by atoms with Crippen LogP contribution in [0.5, 0.6) is 0 Å². The van der Waals surface area contributed by atoms with Crippen LogP contribution < -0.4 is 0 Å². The standard InChI is InChI=1S/C13H15NO2/c1-9(2)12-11(8-15)14-13(16-12)10-6-4-3-5-7-10/h3-7,9,15H,8H2,1-2H3. The molecule has 0 aliphatic carbocycles. The summed E-state index contributed by atoms with van der Waals surface area (Å²) in [6.07, 6.45) is 0. The number of benzene rings is 1. The Bertz CT molecular complexity index is 460. The molecular weight excluding hydrogens is 202 g/mol. The summed E-state index contributed by atoms with van der Waals surface area (Å²) < 4.78 is 5.68. The van der Waals surface area contributed by atoms with Gasteiger partial charge in [0.2, 0.25) is 5.89 Å². The molecule has 3 heteroatoms. The molecule has 0 spiro atoms. The predicted molar refractivity (Wildman–Crippen MR) is 62.0 cm³/mol. The van der Waals surface area contributed by atoms with Crippen LogP contribution in [-0.2, 0) is 6.61 Å². The van der Waals surface area contributed by atoms with Gasteiger partial charge in [-0.3, -0.25) is 0 Å². The average molecular weight is 217 g/mol. The maximum absolute atomic E-state index is 9.21. The van der Waals surface area contributed by atoms with Crippen LogP contribution in [0, 0.1) is 0 Å². The van der Waals surface area contributed by atoms with Crippen LogP contribution in [0.15, 0.2) is 34.7 Å². The SMILES string of the molecule is CC(C)c1oc(-c2ccccc2)nc1CO. The van der Waals surface area contributed by atoms with Gasteiger partial charge in [-0.25, -0.2) is 4.98 Å². The summed E-state index contributed by atoms with van der Waals surface area (Å²) in [5.41, 5.74) is 1.57. The fraction of sp³-hybridized carbons (Fsp3) is 0.308. The summed E-state index contributed by atoms with van der Waals surface area (Å²) in [4.78, 5) is 4.30. The summed E-state index contributed by atoms with van der Waals surface area (Å²) >= 11 is 0. The van der Waals surface area contributed by atoms with Gasteiger partial charge in [-0.2, -0.15) is 0 Å². The van der Waals surface area contributed by atoms with E-state index in [0.29, 0.717) is 11.6 Å². The van der Waals surface area contributed by atoms with Crippen molar-refractivity contribution in [3.63, 3.8) is 0 Å². The largest absolute Gasteiger partial charge is 0.441 e. The zero-order valence-electron chi connectivity index (χ0n) is 9.47. The molecule has 84 valence electrons. The first-order chi connectivity index (χ1) is 7.72. The zero-order valence-corrected chi connectivity index (χ0v) is 9.47. The zero-order chi connectivity index (χ0) is 11.5. The summed E-state index contributed by atoms with van der Waals surface area (Å²) in [7, 11) is 0. The Labute approximate surface area is 94.8 Å². The second-order valence-electron chi connectivity index (χ2n) is 4.01. The molecule has 1 aromatic heterocycles. The maximum atomic E-state index is 9.21. The highest BCUT2D eigenvalue weighted by atomic mass is 16.4. The topological polar surface area (TPSA) is 46.3 Å². The third kappa shape index (κ3) is 1.99. The second kappa shape index (κ2) is 4.49. The lowest BCUT2D eigenvalue weighted by atomic mass is 10.1. The average Bonchev–Trinajstić information content (AvgIpc) is 2.74. The van der Waals surface area contributed by atoms with E-state index in [0.717, 1.165) is 11.3 Å². The van der Waals surface area contributed by atoms with Gasteiger partial charge < -0.3 is 9.52 Å². The third-order valence-corrected chi connectivity index (χ3v) is 2.42. The molecule has 1 N–H and O–H groups in total. The molecule has 3 nitrogen and oxygen atoms in total. The molecule has 0 unspecified atom stereocenters. The molecule has 2 aromatic rings. The van der Waals surface area contributed by atoms with Gasteiger partial charge in [-0.05, 0) is 12.1 Å². The Morgan fingerprint density at radius 3 is 2.44 bits per heavy atom. The van der Waals surface area contributed by atoms with Crippen LogP contribution >= 0.6 is 0 Å². The molecule has 0 bridgehead atoms. The molecule has 0 aliphatic heterocycles. The van der Waals surface area contributed by atoms with E-state index in [1.807, 2.05) is 44.2 Å². The van der Waals surface area contributed by atoms with Gasteiger partial charge in [-0.15, -0.1) is 0 Å². The molecule has 0 saturated heterocycles. The number of rotatable bonds is 3. The highest BCUT2D eigenvalue weighted by Crippen LogP contribution is 2.26. The second-order valence-corrected chi connectivity index (χ2v) is 4.01. The van der Waals surface area contributed by atoms with E-state index in [2.05, 4.69) is 4.98 Å². The van der Waals surface area contributed by atoms with Crippen molar-refractivity contribution in [2.45, 2.75) is 26.4 Å². The molecule has 0 fully saturated rings. The van der Waals surface area contributed by atoms with E-state index >= 15 is 0 Å². The normalized spacial score (nSPS) is 11.0. The Morgan fingerprint density at radius 1 is 1.25 bits per heavy atom. The van der Waals surface area contributed by atoms with Gasteiger partial charge in [0.25, 0.3) is 0 Å². The molecule has 0 atom stereocenters. The third-order valence-electron chi connectivity index (χ3n) is 2.42. The van der Waals surface area contributed by atoms with E-state index in [-0.39, 0.29) is 12.5 Å². The van der Waals surface area contributed by atoms with Crippen LogP contribution in [0.3, 0.4) is 0 Å².